The lowest BCUT2D eigenvalue weighted by Gasteiger charge is -2.10. The van der Waals surface area contributed by atoms with Gasteiger partial charge in [0.1, 0.15) is 11.5 Å². The van der Waals surface area contributed by atoms with Gasteiger partial charge in [0.15, 0.2) is 0 Å². The Morgan fingerprint density at radius 3 is 2.43 bits per heavy atom. The highest BCUT2D eigenvalue weighted by molar-refractivity contribution is 7.86. The molecule has 0 aliphatic carbocycles. The molecule has 0 N–H and O–H groups in total. The van der Waals surface area contributed by atoms with Crippen LogP contribution in [0.5, 0.6) is 5.75 Å². The Morgan fingerprint density at radius 1 is 1.05 bits per heavy atom. The van der Waals surface area contributed by atoms with Crippen LogP contribution in [-0.4, -0.2) is 8.42 Å². The molecule has 0 unspecified atom stereocenters. The monoisotopic (exact) mass is 304 g/mol. The van der Waals surface area contributed by atoms with Gasteiger partial charge in [-0.05, 0) is 36.1 Å². The first-order chi connectivity index (χ1) is 9.85. The fourth-order valence-electron chi connectivity index (χ4n) is 2.11. The third kappa shape index (κ3) is 4.60. The minimum absolute atomic E-state index is 0.124. The van der Waals surface area contributed by atoms with Crippen LogP contribution in [0.3, 0.4) is 0 Å². The predicted octanol–water partition coefficient (Wildman–Crippen LogP) is 4.03. The summed E-state index contributed by atoms with van der Waals surface area (Å²) < 4.78 is 29.5. The first-order valence-corrected chi connectivity index (χ1v) is 8.51. The number of benzene rings is 2. The molecular formula is C17H20O3S. The first kappa shape index (κ1) is 15.6. The van der Waals surface area contributed by atoms with E-state index >= 15 is 0 Å². The van der Waals surface area contributed by atoms with Crippen LogP contribution in [0.15, 0.2) is 48.5 Å². The lowest BCUT2D eigenvalue weighted by Crippen LogP contribution is -2.12. The zero-order valence-electron chi connectivity index (χ0n) is 12.5. The summed E-state index contributed by atoms with van der Waals surface area (Å²) in [5, 5.41) is 0. The van der Waals surface area contributed by atoms with Crippen LogP contribution < -0.4 is 4.18 Å². The van der Waals surface area contributed by atoms with E-state index < -0.39 is 10.1 Å². The number of aryl methyl sites for hydroxylation is 1. The molecule has 0 amide bonds. The van der Waals surface area contributed by atoms with Crippen LogP contribution in [0.25, 0.3) is 0 Å². The maximum atomic E-state index is 12.1. The number of rotatable bonds is 5. The fourth-order valence-corrected chi connectivity index (χ4v) is 3.15. The fraction of sp³-hybridized carbons (Fsp3) is 0.294. The van der Waals surface area contributed by atoms with E-state index in [4.69, 9.17) is 4.18 Å². The van der Waals surface area contributed by atoms with Gasteiger partial charge in [-0.25, -0.2) is 0 Å². The molecule has 3 nitrogen and oxygen atoms in total. The van der Waals surface area contributed by atoms with Crippen LogP contribution in [0.4, 0.5) is 0 Å². The van der Waals surface area contributed by atoms with E-state index in [1.807, 2.05) is 37.3 Å². The van der Waals surface area contributed by atoms with E-state index in [1.54, 1.807) is 18.2 Å². The van der Waals surface area contributed by atoms with E-state index in [-0.39, 0.29) is 5.75 Å². The van der Waals surface area contributed by atoms with Gasteiger partial charge in [-0.1, -0.05) is 55.8 Å². The predicted molar refractivity (Wildman–Crippen MR) is 85.0 cm³/mol. The Morgan fingerprint density at radius 2 is 1.76 bits per heavy atom. The smallest absolute Gasteiger partial charge is 0.313 e. The van der Waals surface area contributed by atoms with Crippen LogP contribution in [-0.2, 0) is 15.9 Å². The highest BCUT2D eigenvalue weighted by Gasteiger charge is 2.14. The quantitative estimate of drug-likeness (QED) is 0.783. The van der Waals surface area contributed by atoms with Gasteiger partial charge in [-0.2, -0.15) is 8.42 Å². The molecule has 0 heterocycles. The second-order valence-electron chi connectivity index (χ2n) is 5.50. The average molecular weight is 304 g/mol. The Balaban J connectivity index is 2.16. The Kier molecular flexibility index (Phi) is 4.68. The third-order valence-electron chi connectivity index (χ3n) is 3.17. The molecule has 2 rings (SSSR count). The lowest BCUT2D eigenvalue weighted by molar-refractivity contribution is 0.484. The minimum Gasteiger partial charge on any atom is -0.382 e. The molecule has 0 atom stereocenters. The van der Waals surface area contributed by atoms with Crippen molar-refractivity contribution >= 4 is 10.1 Å². The van der Waals surface area contributed by atoms with Crippen molar-refractivity contribution < 1.29 is 12.6 Å². The van der Waals surface area contributed by atoms with Crippen molar-refractivity contribution in [1.29, 1.82) is 0 Å². The van der Waals surface area contributed by atoms with Crippen molar-refractivity contribution in [2.75, 3.05) is 0 Å². The second kappa shape index (κ2) is 6.31. The standard InChI is InChI=1S/C17H20O3S/c1-13(2)16-8-5-9-17(11-16)20-21(18,19)12-15-7-4-6-14(3)10-15/h4-11,13H,12H2,1-3H3. The van der Waals surface area contributed by atoms with Crippen molar-refractivity contribution in [2.45, 2.75) is 32.4 Å². The largest absolute Gasteiger partial charge is 0.382 e. The Labute approximate surface area is 126 Å². The van der Waals surface area contributed by atoms with Crippen LogP contribution in [0.2, 0.25) is 0 Å². The molecule has 0 aliphatic heterocycles. The number of hydrogen-bond acceptors (Lipinski definition) is 3. The van der Waals surface area contributed by atoms with E-state index in [0.717, 1.165) is 16.7 Å². The minimum atomic E-state index is -3.65. The van der Waals surface area contributed by atoms with Crippen LogP contribution in [0, 0.1) is 6.92 Å². The summed E-state index contributed by atoms with van der Waals surface area (Å²) in [6, 6.07) is 14.6. The maximum absolute atomic E-state index is 12.1. The topological polar surface area (TPSA) is 43.4 Å². The third-order valence-corrected chi connectivity index (χ3v) is 4.31. The maximum Gasteiger partial charge on any atom is 0.313 e. The molecule has 112 valence electrons. The van der Waals surface area contributed by atoms with Gasteiger partial charge in [-0.3, -0.25) is 0 Å². The lowest BCUT2D eigenvalue weighted by atomic mass is 10.0. The molecular weight excluding hydrogens is 284 g/mol. The molecule has 0 spiro atoms. The van der Waals surface area contributed by atoms with Gasteiger partial charge in [-0.15, -0.1) is 0 Å². The zero-order chi connectivity index (χ0) is 15.5. The second-order valence-corrected chi connectivity index (χ2v) is 7.07. The molecule has 0 saturated carbocycles. The van der Waals surface area contributed by atoms with Crippen molar-refractivity contribution in [3.05, 3.63) is 65.2 Å². The molecule has 0 bridgehead atoms. The molecule has 2 aromatic rings. The summed E-state index contributed by atoms with van der Waals surface area (Å²) in [7, 11) is -3.65. The van der Waals surface area contributed by atoms with E-state index in [1.165, 1.54) is 0 Å². The van der Waals surface area contributed by atoms with Crippen molar-refractivity contribution in [3.63, 3.8) is 0 Å². The van der Waals surface area contributed by atoms with Crippen LogP contribution >= 0.6 is 0 Å². The summed E-state index contributed by atoms with van der Waals surface area (Å²) in [6.07, 6.45) is 0. The zero-order valence-corrected chi connectivity index (χ0v) is 13.4. The molecule has 0 fully saturated rings. The highest BCUT2D eigenvalue weighted by atomic mass is 32.2. The Bertz CT molecular complexity index is 718. The van der Waals surface area contributed by atoms with E-state index in [0.29, 0.717) is 11.7 Å². The van der Waals surface area contributed by atoms with Crippen LogP contribution in [0.1, 0.15) is 36.5 Å². The van der Waals surface area contributed by atoms with Gasteiger partial charge in [0, 0.05) is 0 Å². The normalized spacial score (nSPS) is 11.6. The number of hydrogen-bond donors (Lipinski definition) is 0. The summed E-state index contributed by atoms with van der Waals surface area (Å²) >= 11 is 0. The van der Waals surface area contributed by atoms with Gasteiger partial charge in [0.05, 0.1) is 0 Å². The Hall–Kier alpha value is -1.81. The highest BCUT2D eigenvalue weighted by Crippen LogP contribution is 2.22. The molecule has 0 aromatic heterocycles. The van der Waals surface area contributed by atoms with Crippen molar-refractivity contribution in [2.24, 2.45) is 0 Å². The molecule has 0 saturated heterocycles. The summed E-state index contributed by atoms with van der Waals surface area (Å²) in [5.41, 5.74) is 2.82. The molecule has 0 aliphatic rings. The van der Waals surface area contributed by atoms with Crippen molar-refractivity contribution in [1.82, 2.24) is 0 Å². The summed E-state index contributed by atoms with van der Waals surface area (Å²) in [6.45, 7) is 6.05. The van der Waals surface area contributed by atoms with E-state index in [2.05, 4.69) is 13.8 Å². The van der Waals surface area contributed by atoms with Gasteiger partial charge in [0.25, 0.3) is 0 Å². The molecule has 21 heavy (non-hydrogen) atoms. The first-order valence-electron chi connectivity index (χ1n) is 6.93. The molecule has 0 radical (unpaired) electrons. The van der Waals surface area contributed by atoms with Gasteiger partial charge in [0.2, 0.25) is 0 Å². The van der Waals surface area contributed by atoms with Gasteiger partial charge >= 0.3 is 10.1 Å². The van der Waals surface area contributed by atoms with Crippen molar-refractivity contribution in [3.8, 4) is 5.75 Å². The SMILES string of the molecule is Cc1cccc(CS(=O)(=O)Oc2cccc(C(C)C)c2)c1. The van der Waals surface area contributed by atoms with E-state index in [9.17, 15) is 8.42 Å². The molecule has 2 aromatic carbocycles. The molecule has 4 heteroatoms. The average Bonchev–Trinajstić information content (AvgIpc) is 2.37. The summed E-state index contributed by atoms with van der Waals surface area (Å²) in [5.74, 6) is 0.572. The van der Waals surface area contributed by atoms with Gasteiger partial charge < -0.3 is 4.18 Å². The summed E-state index contributed by atoms with van der Waals surface area (Å²) in [4.78, 5) is 0.